The highest BCUT2D eigenvalue weighted by atomic mass is 19.1. The van der Waals surface area contributed by atoms with Gasteiger partial charge in [0.1, 0.15) is 17.6 Å². The Balaban J connectivity index is 2.52. The number of rotatable bonds is 21. The number of nitrogens with one attached hydrogen (secondary N) is 3. The molecule has 1 rings (SSSR count). The van der Waals surface area contributed by atoms with Crippen LogP contribution in [0, 0.1) is 11.7 Å². The summed E-state index contributed by atoms with van der Waals surface area (Å²) >= 11 is 0. The summed E-state index contributed by atoms with van der Waals surface area (Å²) in [6, 6.07) is 3.95. The number of nitrogens with two attached hydrogens (primary N) is 1. The van der Waals surface area contributed by atoms with Gasteiger partial charge in [0.15, 0.2) is 0 Å². The first-order chi connectivity index (χ1) is 18.6. The first kappa shape index (κ1) is 33.5. The van der Waals surface area contributed by atoms with Crippen LogP contribution in [0.25, 0.3) is 0 Å². The van der Waals surface area contributed by atoms with Crippen LogP contribution < -0.4 is 21.7 Å². The van der Waals surface area contributed by atoms with E-state index in [1.54, 1.807) is 12.1 Å². The lowest BCUT2D eigenvalue weighted by atomic mass is 9.91. The van der Waals surface area contributed by atoms with Crippen molar-refractivity contribution in [3.05, 3.63) is 35.6 Å². The van der Waals surface area contributed by atoms with Crippen molar-refractivity contribution in [3.63, 3.8) is 0 Å². The van der Waals surface area contributed by atoms with Crippen LogP contribution >= 0.6 is 0 Å². The SMILES string of the molecule is NCCCCCC(=O)C[C@@H](Cc1ccc(F)cc1)C(=O)NCCCC[C@H](NC(=O)NCCCC(=O)O)C(=O)O. The Kier molecular flexibility index (Phi) is 16.8. The Bertz CT molecular complexity index is 927. The standard InChI is InChI=1S/C27H41FN4O7/c28-21-12-10-19(11-13-21)17-20(18-22(33)7-2-1-4-14-29)25(36)30-15-5-3-8-23(26(37)38)32-27(39)31-16-6-9-24(34)35/h10-13,20,23H,1-9,14-18,29H2,(H,30,36)(H,34,35)(H,37,38)(H2,31,32,39)/t20-,23+/m1/s1. The van der Waals surface area contributed by atoms with Gasteiger partial charge in [0.25, 0.3) is 0 Å². The summed E-state index contributed by atoms with van der Waals surface area (Å²) < 4.78 is 13.3. The van der Waals surface area contributed by atoms with Crippen molar-refractivity contribution in [1.29, 1.82) is 0 Å². The number of ketones is 1. The van der Waals surface area contributed by atoms with Crippen LogP contribution in [0.1, 0.15) is 69.8 Å². The molecule has 0 spiro atoms. The second kappa shape index (κ2) is 19.5. The van der Waals surface area contributed by atoms with E-state index in [0.717, 1.165) is 18.4 Å². The summed E-state index contributed by atoms with van der Waals surface area (Å²) in [5, 5.41) is 25.5. The zero-order valence-corrected chi connectivity index (χ0v) is 22.3. The number of carbonyl (C=O) groups excluding carboxylic acids is 3. The van der Waals surface area contributed by atoms with E-state index in [-0.39, 0.29) is 62.7 Å². The van der Waals surface area contributed by atoms with Gasteiger partial charge in [-0.1, -0.05) is 18.6 Å². The molecular formula is C27H41FN4O7. The number of hydrogen-bond donors (Lipinski definition) is 6. The largest absolute Gasteiger partial charge is 0.481 e. The Morgan fingerprint density at radius 1 is 0.846 bits per heavy atom. The fraction of sp³-hybridized carbons (Fsp3) is 0.593. The van der Waals surface area contributed by atoms with Gasteiger partial charge in [-0.2, -0.15) is 0 Å². The molecule has 12 heteroatoms. The van der Waals surface area contributed by atoms with Gasteiger partial charge >= 0.3 is 18.0 Å². The number of benzene rings is 1. The second-order valence-electron chi connectivity index (χ2n) is 9.44. The highest BCUT2D eigenvalue weighted by Gasteiger charge is 2.23. The molecule has 0 heterocycles. The maximum Gasteiger partial charge on any atom is 0.326 e. The number of carbonyl (C=O) groups is 5. The van der Waals surface area contributed by atoms with Crippen molar-refractivity contribution in [3.8, 4) is 0 Å². The molecule has 1 aromatic rings. The maximum atomic E-state index is 13.3. The third-order valence-corrected chi connectivity index (χ3v) is 6.08. The third-order valence-electron chi connectivity index (χ3n) is 6.08. The molecule has 0 unspecified atom stereocenters. The smallest absolute Gasteiger partial charge is 0.326 e. The number of amides is 3. The zero-order chi connectivity index (χ0) is 29.0. The minimum Gasteiger partial charge on any atom is -0.481 e. The van der Waals surface area contributed by atoms with Gasteiger partial charge in [0.05, 0.1) is 0 Å². The molecule has 0 saturated carbocycles. The highest BCUT2D eigenvalue weighted by molar-refractivity contribution is 5.87. The van der Waals surface area contributed by atoms with E-state index in [0.29, 0.717) is 32.2 Å². The molecule has 0 aliphatic rings. The van der Waals surface area contributed by atoms with Crippen molar-refractivity contribution in [2.75, 3.05) is 19.6 Å². The minimum absolute atomic E-state index is 0.0223. The van der Waals surface area contributed by atoms with E-state index >= 15 is 0 Å². The molecule has 0 bridgehead atoms. The van der Waals surface area contributed by atoms with Crippen LogP contribution in [-0.2, 0) is 25.6 Å². The number of unbranched alkanes of at least 4 members (excludes halogenated alkanes) is 3. The fourth-order valence-electron chi connectivity index (χ4n) is 3.92. The molecule has 2 atom stereocenters. The summed E-state index contributed by atoms with van der Waals surface area (Å²) in [6.45, 7) is 0.928. The van der Waals surface area contributed by atoms with Crippen LogP contribution in [-0.4, -0.2) is 65.5 Å². The van der Waals surface area contributed by atoms with Crippen molar-refractivity contribution in [2.24, 2.45) is 11.7 Å². The molecule has 218 valence electrons. The minimum atomic E-state index is -1.20. The van der Waals surface area contributed by atoms with Crippen molar-refractivity contribution in [1.82, 2.24) is 16.0 Å². The fourth-order valence-corrected chi connectivity index (χ4v) is 3.92. The molecule has 0 radical (unpaired) electrons. The summed E-state index contributed by atoms with van der Waals surface area (Å²) in [7, 11) is 0. The van der Waals surface area contributed by atoms with E-state index in [1.807, 2.05) is 0 Å². The monoisotopic (exact) mass is 552 g/mol. The van der Waals surface area contributed by atoms with Gasteiger partial charge in [0.2, 0.25) is 5.91 Å². The molecule has 7 N–H and O–H groups in total. The van der Waals surface area contributed by atoms with Gasteiger partial charge in [0, 0.05) is 38.3 Å². The number of carboxylic acid groups (broad SMARTS) is 2. The maximum absolute atomic E-state index is 13.3. The molecular weight excluding hydrogens is 511 g/mol. The molecule has 0 aliphatic carbocycles. The second-order valence-corrected chi connectivity index (χ2v) is 9.44. The van der Waals surface area contributed by atoms with Crippen molar-refractivity contribution >= 4 is 29.7 Å². The van der Waals surface area contributed by atoms with Crippen molar-refractivity contribution < 1.29 is 38.6 Å². The molecule has 1 aromatic carbocycles. The van der Waals surface area contributed by atoms with Gasteiger partial charge in [-0.15, -0.1) is 0 Å². The normalized spacial score (nSPS) is 12.3. The van der Waals surface area contributed by atoms with Crippen molar-refractivity contribution in [2.45, 2.75) is 76.7 Å². The van der Waals surface area contributed by atoms with Crippen LogP contribution in [0.4, 0.5) is 9.18 Å². The molecule has 0 aromatic heterocycles. The first-order valence-corrected chi connectivity index (χ1v) is 13.3. The van der Waals surface area contributed by atoms with Gasteiger partial charge in [-0.3, -0.25) is 14.4 Å². The topological polar surface area (TPSA) is 188 Å². The molecule has 0 fully saturated rings. The van der Waals surface area contributed by atoms with Crippen LogP contribution in [0.2, 0.25) is 0 Å². The first-order valence-electron chi connectivity index (χ1n) is 13.3. The third kappa shape index (κ3) is 16.1. The Hall–Kier alpha value is -3.54. The lowest BCUT2D eigenvalue weighted by Gasteiger charge is -2.17. The summed E-state index contributed by atoms with van der Waals surface area (Å²) in [5.41, 5.74) is 6.22. The molecule has 11 nitrogen and oxygen atoms in total. The van der Waals surface area contributed by atoms with E-state index in [1.165, 1.54) is 12.1 Å². The number of hydrogen-bond acceptors (Lipinski definition) is 6. The summed E-state index contributed by atoms with van der Waals surface area (Å²) in [6.07, 6.45) is 4.21. The Morgan fingerprint density at radius 2 is 1.54 bits per heavy atom. The van der Waals surface area contributed by atoms with Gasteiger partial charge in [-0.05, 0) is 69.2 Å². The van der Waals surface area contributed by atoms with E-state index in [2.05, 4.69) is 16.0 Å². The van der Waals surface area contributed by atoms with Crippen LogP contribution in [0.3, 0.4) is 0 Å². The average Bonchev–Trinajstić information content (AvgIpc) is 2.88. The highest BCUT2D eigenvalue weighted by Crippen LogP contribution is 2.16. The van der Waals surface area contributed by atoms with E-state index in [4.69, 9.17) is 10.8 Å². The number of carboxylic acids is 2. The van der Waals surface area contributed by atoms with Gasteiger partial charge in [-0.25, -0.2) is 14.0 Å². The Morgan fingerprint density at radius 3 is 2.18 bits per heavy atom. The molecule has 3 amide bonds. The molecule has 0 aliphatic heterocycles. The van der Waals surface area contributed by atoms with E-state index in [9.17, 15) is 33.5 Å². The molecule has 39 heavy (non-hydrogen) atoms. The van der Waals surface area contributed by atoms with Gasteiger partial charge < -0.3 is 31.9 Å². The predicted molar refractivity (Wildman–Crippen MR) is 142 cm³/mol. The molecule has 0 saturated heterocycles. The Labute approximate surface area is 228 Å². The lowest BCUT2D eigenvalue weighted by Crippen LogP contribution is -2.46. The lowest BCUT2D eigenvalue weighted by molar-refractivity contribution is -0.139. The zero-order valence-electron chi connectivity index (χ0n) is 22.3. The number of halogens is 1. The van der Waals surface area contributed by atoms with Crippen LogP contribution in [0.15, 0.2) is 24.3 Å². The average molecular weight is 553 g/mol. The van der Waals surface area contributed by atoms with E-state index < -0.39 is 29.9 Å². The quantitative estimate of drug-likeness (QED) is 0.125. The number of Topliss-reactive ketones (excluding diaryl/α,β-unsaturated/α-hetero) is 1. The number of aliphatic carboxylic acids is 2. The predicted octanol–water partition coefficient (Wildman–Crippen LogP) is 2.37. The summed E-state index contributed by atoms with van der Waals surface area (Å²) in [5.74, 6) is -3.52. The number of urea groups is 1. The van der Waals surface area contributed by atoms with Crippen LogP contribution in [0.5, 0.6) is 0 Å². The summed E-state index contributed by atoms with van der Waals surface area (Å²) in [4.78, 5) is 59.2.